The number of hydrogen-bond donors (Lipinski definition) is 1. The maximum Gasteiger partial charge on any atom is 0.147 e. The predicted octanol–water partition coefficient (Wildman–Crippen LogP) is 0.596. The first-order chi connectivity index (χ1) is 7.81. The second-order valence-electron chi connectivity index (χ2n) is 4.45. The average molecular weight is 224 g/mol. The summed E-state index contributed by atoms with van der Waals surface area (Å²) >= 11 is 0. The van der Waals surface area contributed by atoms with E-state index in [1.807, 2.05) is 0 Å². The van der Waals surface area contributed by atoms with Gasteiger partial charge in [0.2, 0.25) is 0 Å². The molecule has 0 saturated carbocycles. The van der Waals surface area contributed by atoms with E-state index in [9.17, 15) is 0 Å². The van der Waals surface area contributed by atoms with Gasteiger partial charge in [0.25, 0.3) is 0 Å². The molecule has 1 N–H and O–H groups in total. The zero-order valence-corrected chi connectivity index (χ0v) is 10.1. The van der Waals surface area contributed by atoms with Crippen molar-refractivity contribution in [2.24, 2.45) is 5.92 Å². The summed E-state index contributed by atoms with van der Waals surface area (Å²) in [6.45, 7) is 5.71. The van der Waals surface area contributed by atoms with E-state index in [4.69, 9.17) is 4.74 Å². The van der Waals surface area contributed by atoms with Gasteiger partial charge in [0.15, 0.2) is 0 Å². The van der Waals surface area contributed by atoms with Crippen LogP contribution in [0.4, 0.5) is 0 Å². The van der Waals surface area contributed by atoms with Gasteiger partial charge in [-0.3, -0.25) is 0 Å². The van der Waals surface area contributed by atoms with Crippen molar-refractivity contribution >= 4 is 0 Å². The van der Waals surface area contributed by atoms with Crippen LogP contribution in [0.5, 0.6) is 0 Å². The van der Waals surface area contributed by atoms with Gasteiger partial charge >= 0.3 is 0 Å². The highest BCUT2D eigenvalue weighted by atomic mass is 16.5. The zero-order valence-electron chi connectivity index (χ0n) is 10.1. The highest BCUT2D eigenvalue weighted by Crippen LogP contribution is 2.19. The SMILES string of the molecule is COCCNCc1nnc2n1CCC(C)C2. The molecule has 5 heteroatoms. The molecule has 0 spiro atoms. The van der Waals surface area contributed by atoms with E-state index in [1.54, 1.807) is 7.11 Å². The van der Waals surface area contributed by atoms with Crippen molar-refractivity contribution in [3.05, 3.63) is 11.6 Å². The molecule has 1 aliphatic heterocycles. The fourth-order valence-corrected chi connectivity index (χ4v) is 2.05. The summed E-state index contributed by atoms with van der Waals surface area (Å²) in [5.74, 6) is 2.94. The second kappa shape index (κ2) is 5.41. The van der Waals surface area contributed by atoms with Crippen LogP contribution in [-0.2, 0) is 24.2 Å². The molecule has 1 aromatic rings. The molecule has 0 fully saturated rings. The number of hydrogen-bond acceptors (Lipinski definition) is 4. The van der Waals surface area contributed by atoms with Gasteiger partial charge in [0, 0.05) is 26.6 Å². The number of aromatic nitrogens is 3. The van der Waals surface area contributed by atoms with Crippen LogP contribution in [0.3, 0.4) is 0 Å². The fraction of sp³-hybridized carbons (Fsp3) is 0.818. The second-order valence-corrected chi connectivity index (χ2v) is 4.45. The van der Waals surface area contributed by atoms with Gasteiger partial charge in [0.05, 0.1) is 13.2 Å². The molecule has 1 atom stereocenters. The van der Waals surface area contributed by atoms with Crippen LogP contribution in [0.2, 0.25) is 0 Å². The average Bonchev–Trinajstić information content (AvgIpc) is 2.67. The number of nitrogens with zero attached hydrogens (tertiary/aromatic N) is 3. The van der Waals surface area contributed by atoms with E-state index >= 15 is 0 Å². The van der Waals surface area contributed by atoms with Crippen LogP contribution >= 0.6 is 0 Å². The molecule has 5 nitrogen and oxygen atoms in total. The first-order valence-corrected chi connectivity index (χ1v) is 5.92. The Morgan fingerprint density at radius 3 is 3.19 bits per heavy atom. The van der Waals surface area contributed by atoms with E-state index in [2.05, 4.69) is 27.0 Å². The van der Waals surface area contributed by atoms with Gasteiger partial charge < -0.3 is 14.6 Å². The lowest BCUT2D eigenvalue weighted by Gasteiger charge is -2.20. The van der Waals surface area contributed by atoms with Crippen LogP contribution in [0.1, 0.15) is 25.0 Å². The summed E-state index contributed by atoms with van der Waals surface area (Å²) < 4.78 is 7.23. The van der Waals surface area contributed by atoms with E-state index in [1.165, 1.54) is 6.42 Å². The number of nitrogens with one attached hydrogen (secondary N) is 1. The van der Waals surface area contributed by atoms with E-state index in [0.717, 1.165) is 50.2 Å². The summed E-state index contributed by atoms with van der Waals surface area (Å²) in [7, 11) is 1.71. The number of fused-ring (bicyclic) bond motifs is 1. The Balaban J connectivity index is 1.90. The molecular formula is C11H20N4O. The molecule has 0 bridgehead atoms. The summed E-state index contributed by atoms with van der Waals surface area (Å²) in [6.07, 6.45) is 2.29. The third kappa shape index (κ3) is 2.59. The standard InChI is InChI=1S/C11H20N4O/c1-9-3-5-15-10(7-9)13-14-11(15)8-12-4-6-16-2/h9,12H,3-8H2,1-2H3. The van der Waals surface area contributed by atoms with Gasteiger partial charge in [-0.05, 0) is 12.3 Å². The van der Waals surface area contributed by atoms with E-state index in [0.29, 0.717) is 0 Å². The highest BCUT2D eigenvalue weighted by molar-refractivity contribution is 4.99. The van der Waals surface area contributed by atoms with Crippen molar-refractivity contribution in [2.45, 2.75) is 32.9 Å². The first-order valence-electron chi connectivity index (χ1n) is 5.92. The molecule has 90 valence electrons. The summed E-state index contributed by atoms with van der Waals surface area (Å²) in [5.41, 5.74) is 0. The predicted molar refractivity (Wildman–Crippen MR) is 61.1 cm³/mol. The van der Waals surface area contributed by atoms with Crippen molar-refractivity contribution < 1.29 is 4.74 Å². The lowest BCUT2D eigenvalue weighted by molar-refractivity contribution is 0.198. The number of methoxy groups -OCH3 is 1. The van der Waals surface area contributed by atoms with Crippen LogP contribution in [-0.4, -0.2) is 35.0 Å². The Labute approximate surface area is 96.2 Å². The third-order valence-corrected chi connectivity index (χ3v) is 3.05. The topological polar surface area (TPSA) is 52.0 Å². The Hall–Kier alpha value is -0.940. The van der Waals surface area contributed by atoms with Gasteiger partial charge in [-0.2, -0.15) is 0 Å². The molecule has 0 aromatic carbocycles. The molecule has 2 heterocycles. The Morgan fingerprint density at radius 1 is 1.50 bits per heavy atom. The monoisotopic (exact) mass is 224 g/mol. The van der Waals surface area contributed by atoms with Gasteiger partial charge in [-0.25, -0.2) is 0 Å². The van der Waals surface area contributed by atoms with Crippen molar-refractivity contribution in [3.8, 4) is 0 Å². The number of rotatable bonds is 5. The zero-order chi connectivity index (χ0) is 11.4. The lowest BCUT2D eigenvalue weighted by atomic mass is 10.0. The summed E-state index contributed by atoms with van der Waals surface area (Å²) in [4.78, 5) is 0. The Morgan fingerprint density at radius 2 is 2.38 bits per heavy atom. The summed E-state index contributed by atoms with van der Waals surface area (Å²) in [6, 6.07) is 0. The number of ether oxygens (including phenoxy) is 1. The molecule has 1 aromatic heterocycles. The minimum absolute atomic E-state index is 0.734. The maximum atomic E-state index is 4.98. The van der Waals surface area contributed by atoms with E-state index < -0.39 is 0 Å². The Kier molecular flexibility index (Phi) is 3.90. The van der Waals surface area contributed by atoms with Crippen molar-refractivity contribution in [1.29, 1.82) is 0 Å². The minimum Gasteiger partial charge on any atom is -0.383 e. The lowest BCUT2D eigenvalue weighted by Crippen LogP contribution is -2.24. The molecule has 0 amide bonds. The van der Waals surface area contributed by atoms with Crippen molar-refractivity contribution in [3.63, 3.8) is 0 Å². The van der Waals surface area contributed by atoms with Crippen LogP contribution in [0, 0.1) is 5.92 Å². The Bertz CT molecular complexity index is 337. The van der Waals surface area contributed by atoms with Crippen LogP contribution in [0.25, 0.3) is 0 Å². The molecule has 2 rings (SSSR count). The molecule has 1 aliphatic rings. The smallest absolute Gasteiger partial charge is 0.147 e. The van der Waals surface area contributed by atoms with Gasteiger partial charge in [-0.1, -0.05) is 6.92 Å². The highest BCUT2D eigenvalue weighted by Gasteiger charge is 2.19. The van der Waals surface area contributed by atoms with Crippen molar-refractivity contribution in [1.82, 2.24) is 20.1 Å². The third-order valence-electron chi connectivity index (χ3n) is 3.05. The largest absolute Gasteiger partial charge is 0.383 e. The molecule has 0 saturated heterocycles. The molecule has 0 radical (unpaired) electrons. The molecule has 0 aliphatic carbocycles. The van der Waals surface area contributed by atoms with Crippen LogP contribution in [0.15, 0.2) is 0 Å². The summed E-state index contributed by atoms with van der Waals surface area (Å²) in [5, 5.41) is 11.8. The van der Waals surface area contributed by atoms with E-state index in [-0.39, 0.29) is 0 Å². The maximum absolute atomic E-state index is 4.98. The quantitative estimate of drug-likeness (QED) is 0.744. The molecule has 16 heavy (non-hydrogen) atoms. The fourth-order valence-electron chi connectivity index (χ4n) is 2.05. The van der Waals surface area contributed by atoms with Gasteiger partial charge in [0.1, 0.15) is 11.6 Å². The molecular weight excluding hydrogens is 204 g/mol. The first kappa shape index (κ1) is 11.5. The van der Waals surface area contributed by atoms with Crippen molar-refractivity contribution in [2.75, 3.05) is 20.3 Å². The normalized spacial score (nSPS) is 19.8. The minimum atomic E-state index is 0.734. The van der Waals surface area contributed by atoms with Crippen LogP contribution < -0.4 is 5.32 Å². The molecule has 1 unspecified atom stereocenters. The van der Waals surface area contributed by atoms with Gasteiger partial charge in [-0.15, -0.1) is 10.2 Å².